The standard InChI is InChI=1S/C15H16ClFN2S/c16-15-11(5-4-8-14(15)17)9-12(19-18)10-20-13-6-2-1-3-7-13/h1-8,12,19H,9-10,18H2. The molecule has 20 heavy (non-hydrogen) atoms. The molecule has 1 unspecified atom stereocenters. The molecule has 0 aromatic heterocycles. The Balaban J connectivity index is 1.97. The van der Waals surface area contributed by atoms with Crippen molar-refractivity contribution in [2.45, 2.75) is 17.4 Å². The van der Waals surface area contributed by atoms with Crippen LogP contribution in [0.25, 0.3) is 0 Å². The van der Waals surface area contributed by atoms with Crippen molar-refractivity contribution >= 4 is 23.4 Å². The molecule has 0 aliphatic carbocycles. The summed E-state index contributed by atoms with van der Waals surface area (Å²) in [4.78, 5) is 1.18. The van der Waals surface area contributed by atoms with Gasteiger partial charge in [0.2, 0.25) is 0 Å². The van der Waals surface area contributed by atoms with Gasteiger partial charge in [-0.2, -0.15) is 0 Å². The molecule has 106 valence electrons. The van der Waals surface area contributed by atoms with Crippen molar-refractivity contribution in [3.05, 3.63) is 64.9 Å². The third-order valence-corrected chi connectivity index (χ3v) is 4.53. The lowest BCUT2D eigenvalue weighted by atomic mass is 10.1. The molecule has 0 fully saturated rings. The van der Waals surface area contributed by atoms with Gasteiger partial charge in [-0.1, -0.05) is 41.9 Å². The lowest BCUT2D eigenvalue weighted by molar-refractivity contribution is 0.571. The summed E-state index contributed by atoms with van der Waals surface area (Å²) in [5.74, 6) is 5.96. The number of thioether (sulfide) groups is 1. The molecule has 0 bridgehead atoms. The average Bonchev–Trinajstić information content (AvgIpc) is 2.49. The van der Waals surface area contributed by atoms with E-state index in [4.69, 9.17) is 17.4 Å². The van der Waals surface area contributed by atoms with Crippen LogP contribution < -0.4 is 11.3 Å². The van der Waals surface area contributed by atoms with Crippen LogP contribution in [0.2, 0.25) is 5.02 Å². The molecule has 1 atom stereocenters. The van der Waals surface area contributed by atoms with Gasteiger partial charge in [-0.25, -0.2) is 4.39 Å². The zero-order chi connectivity index (χ0) is 14.4. The Morgan fingerprint density at radius 1 is 1.15 bits per heavy atom. The molecule has 0 aliphatic rings. The minimum Gasteiger partial charge on any atom is -0.271 e. The first-order valence-electron chi connectivity index (χ1n) is 6.27. The number of hydrogen-bond donors (Lipinski definition) is 2. The number of nitrogens with one attached hydrogen (secondary N) is 1. The summed E-state index contributed by atoms with van der Waals surface area (Å²) in [5, 5.41) is 0.178. The first kappa shape index (κ1) is 15.3. The predicted octanol–water partition coefficient (Wildman–Crippen LogP) is 3.65. The highest BCUT2D eigenvalue weighted by Crippen LogP contribution is 2.23. The Kier molecular flexibility index (Phi) is 5.86. The predicted molar refractivity (Wildman–Crippen MR) is 83.4 cm³/mol. The van der Waals surface area contributed by atoms with Gasteiger partial charge in [-0.05, 0) is 30.2 Å². The van der Waals surface area contributed by atoms with Gasteiger partial charge in [0.15, 0.2) is 0 Å². The third-order valence-electron chi connectivity index (χ3n) is 2.93. The molecular weight excluding hydrogens is 295 g/mol. The molecule has 0 radical (unpaired) electrons. The fourth-order valence-electron chi connectivity index (χ4n) is 1.85. The Bertz CT molecular complexity index is 551. The Morgan fingerprint density at radius 3 is 2.60 bits per heavy atom. The monoisotopic (exact) mass is 310 g/mol. The average molecular weight is 311 g/mol. The molecule has 0 saturated carbocycles. The van der Waals surface area contributed by atoms with Crippen molar-refractivity contribution in [3.8, 4) is 0 Å². The van der Waals surface area contributed by atoms with Crippen LogP contribution in [0, 0.1) is 5.82 Å². The lowest BCUT2D eigenvalue weighted by Crippen LogP contribution is -2.38. The number of hydrazine groups is 1. The molecule has 2 nitrogen and oxygen atoms in total. The maximum Gasteiger partial charge on any atom is 0.142 e. The summed E-state index contributed by atoms with van der Waals surface area (Å²) >= 11 is 7.66. The normalized spacial score (nSPS) is 12.3. The van der Waals surface area contributed by atoms with Gasteiger partial charge in [0, 0.05) is 16.7 Å². The third kappa shape index (κ3) is 4.21. The summed E-state index contributed by atoms with van der Waals surface area (Å²) in [7, 11) is 0. The van der Waals surface area contributed by atoms with Crippen molar-refractivity contribution in [1.82, 2.24) is 5.43 Å². The molecule has 5 heteroatoms. The molecule has 0 aliphatic heterocycles. The van der Waals surface area contributed by atoms with E-state index in [1.165, 1.54) is 11.0 Å². The Labute approximate surface area is 127 Å². The quantitative estimate of drug-likeness (QED) is 0.486. The number of nitrogens with two attached hydrogens (primary N) is 1. The van der Waals surface area contributed by atoms with Crippen LogP contribution in [0.15, 0.2) is 53.4 Å². The second kappa shape index (κ2) is 7.64. The largest absolute Gasteiger partial charge is 0.271 e. The molecule has 0 saturated heterocycles. The van der Waals surface area contributed by atoms with Crippen LogP contribution in [-0.2, 0) is 6.42 Å². The SMILES string of the molecule is NNC(CSc1ccccc1)Cc1cccc(F)c1Cl. The molecule has 2 aromatic carbocycles. The van der Waals surface area contributed by atoms with Crippen LogP contribution in [-0.4, -0.2) is 11.8 Å². The maximum absolute atomic E-state index is 13.4. The zero-order valence-corrected chi connectivity index (χ0v) is 12.4. The van der Waals surface area contributed by atoms with E-state index < -0.39 is 5.82 Å². The van der Waals surface area contributed by atoms with E-state index in [9.17, 15) is 4.39 Å². The fourth-order valence-corrected chi connectivity index (χ4v) is 3.01. The second-order valence-corrected chi connectivity index (χ2v) is 5.88. The fraction of sp³-hybridized carbons (Fsp3) is 0.200. The summed E-state index contributed by atoms with van der Waals surface area (Å²) < 4.78 is 13.4. The molecule has 2 rings (SSSR count). The number of halogens is 2. The van der Waals surface area contributed by atoms with Gasteiger partial charge in [-0.15, -0.1) is 11.8 Å². The van der Waals surface area contributed by atoms with E-state index in [-0.39, 0.29) is 11.1 Å². The zero-order valence-electron chi connectivity index (χ0n) is 10.9. The Morgan fingerprint density at radius 2 is 1.90 bits per heavy atom. The number of benzene rings is 2. The van der Waals surface area contributed by atoms with E-state index in [0.29, 0.717) is 6.42 Å². The van der Waals surface area contributed by atoms with E-state index in [0.717, 1.165) is 11.3 Å². The van der Waals surface area contributed by atoms with Gasteiger partial charge in [0.25, 0.3) is 0 Å². The maximum atomic E-state index is 13.4. The highest BCUT2D eigenvalue weighted by atomic mass is 35.5. The van der Waals surface area contributed by atoms with Crippen LogP contribution in [0.4, 0.5) is 4.39 Å². The molecule has 0 heterocycles. The van der Waals surface area contributed by atoms with E-state index >= 15 is 0 Å². The van der Waals surface area contributed by atoms with E-state index in [1.54, 1.807) is 17.8 Å². The van der Waals surface area contributed by atoms with Crippen LogP contribution in [0.3, 0.4) is 0 Å². The van der Waals surface area contributed by atoms with Gasteiger partial charge in [0.05, 0.1) is 5.02 Å². The molecule has 2 aromatic rings. The number of hydrogen-bond acceptors (Lipinski definition) is 3. The highest BCUT2D eigenvalue weighted by Gasteiger charge is 2.12. The van der Waals surface area contributed by atoms with Crippen molar-refractivity contribution in [2.24, 2.45) is 5.84 Å². The lowest BCUT2D eigenvalue weighted by Gasteiger charge is -2.16. The first-order chi connectivity index (χ1) is 9.70. The van der Waals surface area contributed by atoms with Crippen LogP contribution >= 0.6 is 23.4 Å². The van der Waals surface area contributed by atoms with Gasteiger partial charge in [0.1, 0.15) is 5.82 Å². The van der Waals surface area contributed by atoms with E-state index in [1.807, 2.05) is 36.4 Å². The summed E-state index contributed by atoms with van der Waals surface area (Å²) in [6.07, 6.45) is 0.590. The van der Waals surface area contributed by atoms with Crippen molar-refractivity contribution < 1.29 is 4.39 Å². The summed E-state index contributed by atoms with van der Waals surface area (Å²) in [5.41, 5.74) is 3.53. The van der Waals surface area contributed by atoms with E-state index in [2.05, 4.69) is 5.43 Å². The highest BCUT2D eigenvalue weighted by molar-refractivity contribution is 7.99. The minimum absolute atomic E-state index is 0.0273. The van der Waals surface area contributed by atoms with Crippen LogP contribution in [0.5, 0.6) is 0 Å². The van der Waals surface area contributed by atoms with Gasteiger partial charge >= 0.3 is 0 Å². The molecule has 0 spiro atoms. The van der Waals surface area contributed by atoms with Crippen molar-refractivity contribution in [1.29, 1.82) is 0 Å². The first-order valence-corrected chi connectivity index (χ1v) is 7.64. The number of rotatable bonds is 6. The second-order valence-electron chi connectivity index (χ2n) is 4.40. The molecular formula is C15H16ClFN2S. The summed E-state index contributed by atoms with van der Waals surface area (Å²) in [6, 6.07) is 14.9. The van der Waals surface area contributed by atoms with Gasteiger partial charge < -0.3 is 0 Å². The minimum atomic E-state index is -0.393. The van der Waals surface area contributed by atoms with Crippen molar-refractivity contribution in [3.63, 3.8) is 0 Å². The van der Waals surface area contributed by atoms with Gasteiger partial charge in [-0.3, -0.25) is 11.3 Å². The smallest absolute Gasteiger partial charge is 0.142 e. The topological polar surface area (TPSA) is 38.0 Å². The van der Waals surface area contributed by atoms with Crippen LogP contribution in [0.1, 0.15) is 5.56 Å². The summed E-state index contributed by atoms with van der Waals surface area (Å²) in [6.45, 7) is 0. The van der Waals surface area contributed by atoms with Crippen molar-refractivity contribution in [2.75, 3.05) is 5.75 Å². The molecule has 3 N–H and O–H groups in total. The molecule has 0 amide bonds. The Hall–Kier alpha value is -1.07.